The summed E-state index contributed by atoms with van der Waals surface area (Å²) in [5.74, 6) is -0.768. The first-order valence-corrected chi connectivity index (χ1v) is 11.0. The number of nitrogens with two attached hydrogens (primary N) is 1. The average Bonchev–Trinajstić information content (AvgIpc) is 3.42. The Morgan fingerprint density at radius 1 is 1.19 bits per heavy atom. The molecule has 32 heavy (non-hydrogen) atoms. The minimum Gasteiger partial charge on any atom is -0.476 e. The van der Waals surface area contributed by atoms with E-state index < -0.39 is 27.8 Å². The summed E-state index contributed by atoms with van der Waals surface area (Å²) in [6.07, 6.45) is -0.131. The Hall–Kier alpha value is -3.54. The molecule has 0 atom stereocenters. The third-order valence-corrected chi connectivity index (χ3v) is 6.44. The van der Waals surface area contributed by atoms with Crippen LogP contribution in [0, 0.1) is 5.41 Å². The number of ether oxygens (including phenoxy) is 1. The van der Waals surface area contributed by atoms with Crippen LogP contribution in [0.25, 0.3) is 5.82 Å². The van der Waals surface area contributed by atoms with Gasteiger partial charge in [-0.1, -0.05) is 18.2 Å². The molecule has 168 valence electrons. The summed E-state index contributed by atoms with van der Waals surface area (Å²) in [6.45, 7) is -0.133. The molecule has 1 amide bonds. The Kier molecular flexibility index (Phi) is 5.55. The van der Waals surface area contributed by atoms with Crippen molar-refractivity contribution in [3.8, 4) is 11.7 Å². The number of carbonyl (C=O) groups excluding carboxylic acids is 1. The molecule has 1 aliphatic rings. The van der Waals surface area contributed by atoms with Gasteiger partial charge in [0.2, 0.25) is 12.3 Å². The number of nitrogen functional groups attached to an aromatic ring is 1. The van der Waals surface area contributed by atoms with Crippen LogP contribution in [0.4, 0.5) is 14.6 Å². The molecule has 2 heterocycles. The van der Waals surface area contributed by atoms with E-state index in [9.17, 15) is 22.0 Å². The average molecular weight is 463 g/mol. The van der Waals surface area contributed by atoms with E-state index in [1.54, 1.807) is 6.07 Å². The lowest BCUT2D eigenvalue weighted by molar-refractivity contribution is 0.0304. The summed E-state index contributed by atoms with van der Waals surface area (Å²) in [4.78, 5) is 16.4. The number of anilines is 1. The zero-order chi connectivity index (χ0) is 22.9. The maximum atomic E-state index is 13.0. The number of benzene rings is 1. The number of rotatable bonds is 8. The number of carbonyl (C=O) groups is 1. The molecule has 1 fully saturated rings. The number of hydrogen-bond donors (Lipinski definition) is 2. The second-order valence-electron chi connectivity index (χ2n) is 7.40. The molecule has 1 aliphatic carbocycles. The van der Waals surface area contributed by atoms with Crippen molar-refractivity contribution in [2.24, 2.45) is 5.41 Å². The number of aromatic nitrogens is 3. The van der Waals surface area contributed by atoms with Crippen molar-refractivity contribution in [2.45, 2.75) is 24.2 Å². The molecule has 0 spiro atoms. The maximum absolute atomic E-state index is 13.0. The summed E-state index contributed by atoms with van der Waals surface area (Å²) < 4.78 is 59.3. The normalized spacial score (nSPS) is 14.8. The fourth-order valence-corrected chi connectivity index (χ4v) is 3.92. The number of pyridine rings is 1. The van der Waals surface area contributed by atoms with Gasteiger partial charge < -0.3 is 10.5 Å². The number of halogens is 2. The molecule has 0 radical (unpaired) electrons. The molecule has 1 aromatic carbocycles. The highest BCUT2D eigenvalue weighted by atomic mass is 32.2. The Morgan fingerprint density at radius 2 is 1.91 bits per heavy atom. The third kappa shape index (κ3) is 4.40. The van der Waals surface area contributed by atoms with Gasteiger partial charge in [0.05, 0.1) is 15.9 Å². The van der Waals surface area contributed by atoms with Crippen LogP contribution >= 0.6 is 0 Å². The number of sulfonamides is 1. The molecule has 4 rings (SSSR count). The highest BCUT2D eigenvalue weighted by Crippen LogP contribution is 2.50. The topological polar surface area (TPSA) is 129 Å². The van der Waals surface area contributed by atoms with Crippen molar-refractivity contribution < 1.29 is 26.7 Å². The van der Waals surface area contributed by atoms with Crippen LogP contribution in [-0.2, 0) is 10.0 Å². The Labute approximate surface area is 182 Å². The fourth-order valence-electron chi connectivity index (χ4n) is 2.93. The number of hydrogen-bond acceptors (Lipinski definition) is 7. The first-order chi connectivity index (χ1) is 15.2. The van der Waals surface area contributed by atoms with Crippen LogP contribution in [0.5, 0.6) is 5.88 Å². The minimum absolute atomic E-state index is 0.0691. The summed E-state index contributed by atoms with van der Waals surface area (Å²) in [5.41, 5.74) is 4.63. The minimum atomic E-state index is -4.07. The van der Waals surface area contributed by atoms with Crippen molar-refractivity contribution in [3.05, 3.63) is 60.3 Å². The molecule has 0 aliphatic heterocycles. The summed E-state index contributed by atoms with van der Waals surface area (Å²) in [6, 6.07) is 11.6. The van der Waals surface area contributed by atoms with E-state index in [1.807, 2.05) is 4.72 Å². The van der Waals surface area contributed by atoms with Gasteiger partial charge in [-0.25, -0.2) is 31.6 Å². The molecule has 2 aromatic heterocycles. The molecule has 3 N–H and O–H groups in total. The molecule has 9 nitrogen and oxygen atoms in total. The largest absolute Gasteiger partial charge is 0.476 e. The van der Waals surface area contributed by atoms with E-state index in [4.69, 9.17) is 10.5 Å². The lowest BCUT2D eigenvalue weighted by atomic mass is 10.1. The molecule has 0 saturated heterocycles. The zero-order valence-corrected chi connectivity index (χ0v) is 17.4. The highest BCUT2D eigenvalue weighted by molar-refractivity contribution is 7.90. The lowest BCUT2D eigenvalue weighted by Gasteiger charge is -2.13. The number of alkyl halides is 2. The summed E-state index contributed by atoms with van der Waals surface area (Å²) in [5, 5.41) is 4.12. The maximum Gasteiger partial charge on any atom is 0.268 e. The van der Waals surface area contributed by atoms with E-state index in [2.05, 4.69) is 10.1 Å². The van der Waals surface area contributed by atoms with Gasteiger partial charge in [-0.15, -0.1) is 5.10 Å². The number of nitrogens with one attached hydrogen (secondary N) is 1. The monoisotopic (exact) mass is 463 g/mol. The van der Waals surface area contributed by atoms with Gasteiger partial charge >= 0.3 is 0 Å². The van der Waals surface area contributed by atoms with Crippen molar-refractivity contribution >= 4 is 21.7 Å². The number of nitrogens with zero attached hydrogens (tertiary/aromatic N) is 3. The van der Waals surface area contributed by atoms with E-state index >= 15 is 0 Å². The zero-order valence-electron chi connectivity index (χ0n) is 16.6. The Morgan fingerprint density at radius 3 is 2.53 bits per heavy atom. The quantitative estimate of drug-likeness (QED) is 0.525. The second-order valence-corrected chi connectivity index (χ2v) is 9.08. The van der Waals surface area contributed by atoms with Gasteiger partial charge in [0.1, 0.15) is 12.4 Å². The van der Waals surface area contributed by atoms with Gasteiger partial charge in [0, 0.05) is 12.3 Å². The molecule has 12 heteroatoms. The summed E-state index contributed by atoms with van der Waals surface area (Å²) >= 11 is 0. The van der Waals surface area contributed by atoms with E-state index in [0.29, 0.717) is 12.8 Å². The van der Waals surface area contributed by atoms with Crippen molar-refractivity contribution in [2.75, 3.05) is 12.3 Å². The predicted octanol–water partition coefficient (Wildman–Crippen LogP) is 2.39. The second kappa shape index (κ2) is 8.19. The lowest BCUT2D eigenvalue weighted by Crippen LogP contribution is -2.31. The standard InChI is InChI=1S/C20H19F2N5O4S/c21-19(22)20(9-10-20)12-31-16-8-11-27(25-16)15-7-6-14(17(23)24-15)18(28)26-32(29,30)13-4-2-1-3-5-13/h1-8,11,19H,9-10,12H2,(H2,23,24)(H,26,28). The van der Waals surface area contributed by atoms with E-state index in [-0.39, 0.29) is 34.6 Å². The number of amides is 1. The summed E-state index contributed by atoms with van der Waals surface area (Å²) in [7, 11) is -4.07. The Balaban J connectivity index is 1.45. The predicted molar refractivity (Wildman–Crippen MR) is 110 cm³/mol. The highest BCUT2D eigenvalue weighted by Gasteiger charge is 2.52. The van der Waals surface area contributed by atoms with Crippen LogP contribution in [0.1, 0.15) is 23.2 Å². The van der Waals surface area contributed by atoms with E-state index in [1.165, 1.54) is 53.3 Å². The van der Waals surface area contributed by atoms with Gasteiger partial charge in [-0.2, -0.15) is 0 Å². The Bertz CT molecular complexity index is 1240. The smallest absolute Gasteiger partial charge is 0.268 e. The van der Waals surface area contributed by atoms with Crippen LogP contribution in [0.15, 0.2) is 59.6 Å². The molecular formula is C20H19F2N5O4S. The van der Waals surface area contributed by atoms with Crippen LogP contribution in [-0.4, -0.2) is 42.1 Å². The van der Waals surface area contributed by atoms with Crippen LogP contribution < -0.4 is 15.2 Å². The van der Waals surface area contributed by atoms with Crippen molar-refractivity contribution in [1.29, 1.82) is 0 Å². The molecule has 0 unspecified atom stereocenters. The van der Waals surface area contributed by atoms with Crippen LogP contribution in [0.3, 0.4) is 0 Å². The van der Waals surface area contributed by atoms with Gasteiger partial charge in [0.25, 0.3) is 15.9 Å². The molecule has 0 bridgehead atoms. The van der Waals surface area contributed by atoms with E-state index in [0.717, 1.165) is 0 Å². The van der Waals surface area contributed by atoms with Gasteiger partial charge in [-0.3, -0.25) is 4.79 Å². The fraction of sp³-hybridized carbons (Fsp3) is 0.250. The first-order valence-electron chi connectivity index (χ1n) is 9.56. The SMILES string of the molecule is Nc1nc(-n2ccc(OCC3(C(F)F)CC3)n2)ccc1C(=O)NS(=O)(=O)c1ccccc1. The van der Waals surface area contributed by atoms with Crippen LogP contribution in [0.2, 0.25) is 0 Å². The van der Waals surface area contributed by atoms with Crippen molar-refractivity contribution in [1.82, 2.24) is 19.5 Å². The van der Waals surface area contributed by atoms with Crippen molar-refractivity contribution in [3.63, 3.8) is 0 Å². The first kappa shape index (κ1) is 21.7. The van der Waals surface area contributed by atoms with Gasteiger partial charge in [-0.05, 0) is 37.1 Å². The molecule has 3 aromatic rings. The molecule has 1 saturated carbocycles. The van der Waals surface area contributed by atoms with Gasteiger partial charge in [0.15, 0.2) is 5.82 Å². The third-order valence-electron chi connectivity index (χ3n) is 5.10. The molecular weight excluding hydrogens is 444 g/mol.